The van der Waals surface area contributed by atoms with Gasteiger partial charge in [0.25, 0.3) is 0 Å². The van der Waals surface area contributed by atoms with E-state index in [1.807, 2.05) is 0 Å². The largest absolute Gasteiger partial charge is 0.374 e. The van der Waals surface area contributed by atoms with E-state index in [2.05, 4.69) is 79.8 Å². The summed E-state index contributed by atoms with van der Waals surface area (Å²) in [7, 11) is 0. The van der Waals surface area contributed by atoms with Crippen LogP contribution in [0.15, 0.2) is 16.6 Å². The topological polar surface area (TPSA) is 12.0 Å². The zero-order valence-corrected chi connectivity index (χ0v) is 12.8. The van der Waals surface area contributed by atoms with Crippen LogP contribution in [0.4, 0.5) is 5.69 Å². The van der Waals surface area contributed by atoms with E-state index in [1.165, 1.54) is 16.8 Å². The molecule has 0 aromatic heterocycles. The predicted octanol–water partition coefficient (Wildman–Crippen LogP) is 4.53. The summed E-state index contributed by atoms with van der Waals surface area (Å²) in [6, 6.07) is 4.24. The molecule has 0 radical (unpaired) electrons. The summed E-state index contributed by atoms with van der Waals surface area (Å²) >= 11 is 3.50. The van der Waals surface area contributed by atoms with E-state index in [0.717, 1.165) is 4.47 Å². The fourth-order valence-corrected chi connectivity index (χ4v) is 2.32. The first-order valence-electron chi connectivity index (χ1n) is 5.80. The highest BCUT2D eigenvalue weighted by molar-refractivity contribution is 9.10. The van der Waals surface area contributed by atoms with E-state index in [4.69, 9.17) is 0 Å². The van der Waals surface area contributed by atoms with Crippen LogP contribution in [-0.4, -0.2) is 6.54 Å². The molecule has 0 bridgehead atoms. The third kappa shape index (κ3) is 4.83. The van der Waals surface area contributed by atoms with Crippen LogP contribution in [0.1, 0.15) is 31.9 Å². The quantitative estimate of drug-likeness (QED) is 0.790. The smallest absolute Gasteiger partial charge is 0.0766 e. The van der Waals surface area contributed by atoms with Gasteiger partial charge >= 0.3 is 0 Å². The SMILES string of the molecule is Cc1cc(Br)cc(C)c1NCC#CC(C)(C)C. The summed E-state index contributed by atoms with van der Waals surface area (Å²) < 4.78 is 1.12. The molecule has 1 aromatic rings. The van der Waals surface area contributed by atoms with Crippen LogP contribution >= 0.6 is 15.9 Å². The molecule has 1 N–H and O–H groups in total. The van der Waals surface area contributed by atoms with Crippen molar-refractivity contribution < 1.29 is 0 Å². The van der Waals surface area contributed by atoms with Crippen LogP contribution in [0.2, 0.25) is 0 Å². The number of benzene rings is 1. The van der Waals surface area contributed by atoms with Gasteiger partial charge in [0.15, 0.2) is 0 Å². The number of hydrogen-bond donors (Lipinski definition) is 1. The third-order valence-corrected chi connectivity index (χ3v) is 2.77. The number of rotatable bonds is 2. The number of halogens is 1. The van der Waals surface area contributed by atoms with Crippen LogP contribution in [0.5, 0.6) is 0 Å². The zero-order valence-electron chi connectivity index (χ0n) is 11.2. The van der Waals surface area contributed by atoms with Gasteiger partial charge < -0.3 is 5.32 Å². The average molecular weight is 294 g/mol. The summed E-state index contributed by atoms with van der Waals surface area (Å²) in [5.74, 6) is 6.39. The van der Waals surface area contributed by atoms with E-state index in [1.54, 1.807) is 0 Å². The minimum Gasteiger partial charge on any atom is -0.374 e. The summed E-state index contributed by atoms with van der Waals surface area (Å²) in [6.07, 6.45) is 0. The Morgan fingerprint density at radius 1 is 1.18 bits per heavy atom. The molecule has 0 aliphatic carbocycles. The summed E-state index contributed by atoms with van der Waals surface area (Å²) in [6.45, 7) is 11.3. The second-order valence-electron chi connectivity index (χ2n) is 5.32. The highest BCUT2D eigenvalue weighted by Crippen LogP contribution is 2.24. The molecule has 1 nitrogen and oxygen atoms in total. The summed E-state index contributed by atoms with van der Waals surface area (Å²) in [4.78, 5) is 0. The number of nitrogens with one attached hydrogen (secondary N) is 1. The minimum absolute atomic E-state index is 0.0749. The lowest BCUT2D eigenvalue weighted by atomic mass is 9.98. The van der Waals surface area contributed by atoms with Crippen LogP contribution in [0.3, 0.4) is 0 Å². The van der Waals surface area contributed by atoms with Gasteiger partial charge in [-0.05, 0) is 57.9 Å². The molecule has 1 rings (SSSR count). The Bertz CT molecular complexity index is 435. The molecular formula is C15H20BrN. The Balaban J connectivity index is 2.73. The van der Waals surface area contributed by atoms with Gasteiger partial charge in [0.05, 0.1) is 6.54 Å². The molecule has 0 atom stereocenters. The van der Waals surface area contributed by atoms with Gasteiger partial charge in [-0.1, -0.05) is 27.8 Å². The first-order valence-corrected chi connectivity index (χ1v) is 6.59. The van der Waals surface area contributed by atoms with Crippen molar-refractivity contribution in [1.82, 2.24) is 0 Å². The number of anilines is 1. The number of hydrogen-bond acceptors (Lipinski definition) is 1. The Morgan fingerprint density at radius 2 is 1.71 bits per heavy atom. The lowest BCUT2D eigenvalue weighted by Gasteiger charge is -2.12. The fraction of sp³-hybridized carbons (Fsp3) is 0.467. The van der Waals surface area contributed by atoms with Crippen molar-refractivity contribution in [2.24, 2.45) is 5.41 Å². The zero-order chi connectivity index (χ0) is 13.1. The Hall–Kier alpha value is -0.940. The van der Waals surface area contributed by atoms with Crippen molar-refractivity contribution in [2.75, 3.05) is 11.9 Å². The first kappa shape index (κ1) is 14.1. The number of aryl methyl sites for hydroxylation is 2. The van der Waals surface area contributed by atoms with Crippen LogP contribution in [0.25, 0.3) is 0 Å². The highest BCUT2D eigenvalue weighted by atomic mass is 79.9. The lowest BCUT2D eigenvalue weighted by molar-refractivity contribution is 0.570. The monoisotopic (exact) mass is 293 g/mol. The molecule has 0 aliphatic rings. The third-order valence-electron chi connectivity index (χ3n) is 2.31. The van der Waals surface area contributed by atoms with Gasteiger partial charge in [-0.25, -0.2) is 0 Å². The van der Waals surface area contributed by atoms with Crippen molar-refractivity contribution >= 4 is 21.6 Å². The van der Waals surface area contributed by atoms with Crippen molar-refractivity contribution in [3.05, 3.63) is 27.7 Å². The minimum atomic E-state index is 0.0749. The molecule has 1 aromatic carbocycles. The normalized spacial score (nSPS) is 10.7. The van der Waals surface area contributed by atoms with Gasteiger partial charge in [-0.2, -0.15) is 0 Å². The predicted molar refractivity (Wildman–Crippen MR) is 79.3 cm³/mol. The molecule has 0 unspecified atom stereocenters. The van der Waals surface area contributed by atoms with Gasteiger partial charge in [-0.15, -0.1) is 0 Å². The molecule has 0 aliphatic heterocycles. The molecule has 0 saturated carbocycles. The lowest BCUT2D eigenvalue weighted by Crippen LogP contribution is -2.05. The van der Waals surface area contributed by atoms with Crippen molar-refractivity contribution in [3.8, 4) is 11.8 Å². The summed E-state index contributed by atoms with van der Waals surface area (Å²) in [5.41, 5.74) is 3.76. The fourth-order valence-electron chi connectivity index (χ4n) is 1.63. The molecule has 0 saturated heterocycles. The van der Waals surface area contributed by atoms with E-state index < -0.39 is 0 Å². The van der Waals surface area contributed by atoms with Gasteiger partial charge in [0.1, 0.15) is 0 Å². The standard InChI is InChI=1S/C15H20BrN/c1-11-9-13(16)10-12(2)14(11)17-8-6-7-15(3,4)5/h9-10,17H,8H2,1-5H3. The van der Waals surface area contributed by atoms with Gasteiger partial charge in [0, 0.05) is 15.6 Å². The van der Waals surface area contributed by atoms with E-state index in [0.29, 0.717) is 6.54 Å². The maximum Gasteiger partial charge on any atom is 0.0766 e. The second kappa shape index (κ2) is 5.60. The van der Waals surface area contributed by atoms with Crippen LogP contribution in [-0.2, 0) is 0 Å². The maximum atomic E-state index is 3.50. The molecule has 0 spiro atoms. The van der Waals surface area contributed by atoms with Crippen LogP contribution < -0.4 is 5.32 Å². The average Bonchev–Trinajstić information content (AvgIpc) is 2.13. The maximum absolute atomic E-state index is 3.50. The van der Waals surface area contributed by atoms with Gasteiger partial charge in [0.2, 0.25) is 0 Å². The highest BCUT2D eigenvalue weighted by Gasteiger charge is 2.04. The van der Waals surface area contributed by atoms with E-state index in [9.17, 15) is 0 Å². The molecule has 0 amide bonds. The molecule has 92 valence electrons. The summed E-state index contributed by atoms with van der Waals surface area (Å²) in [5, 5.41) is 3.39. The van der Waals surface area contributed by atoms with E-state index in [-0.39, 0.29) is 5.41 Å². The van der Waals surface area contributed by atoms with Crippen molar-refractivity contribution in [3.63, 3.8) is 0 Å². The molecule has 2 heteroatoms. The molecular weight excluding hydrogens is 274 g/mol. The van der Waals surface area contributed by atoms with Crippen molar-refractivity contribution in [2.45, 2.75) is 34.6 Å². The molecule has 0 fully saturated rings. The molecule has 0 heterocycles. The van der Waals surface area contributed by atoms with Crippen molar-refractivity contribution in [1.29, 1.82) is 0 Å². The van der Waals surface area contributed by atoms with E-state index >= 15 is 0 Å². The Morgan fingerprint density at radius 3 is 2.18 bits per heavy atom. The van der Waals surface area contributed by atoms with Gasteiger partial charge in [-0.3, -0.25) is 0 Å². The second-order valence-corrected chi connectivity index (χ2v) is 6.24. The first-order chi connectivity index (χ1) is 7.79. The Labute approximate surface area is 113 Å². The van der Waals surface area contributed by atoms with Crippen LogP contribution in [0, 0.1) is 31.1 Å². The Kier molecular flexibility index (Phi) is 4.65. The molecule has 17 heavy (non-hydrogen) atoms.